The summed E-state index contributed by atoms with van der Waals surface area (Å²) >= 11 is 0. The van der Waals surface area contributed by atoms with Crippen molar-refractivity contribution < 1.29 is 22.0 Å². The van der Waals surface area contributed by atoms with Crippen LogP contribution in [-0.4, -0.2) is 108 Å². The Kier molecular flexibility index (Phi) is 29.1. The van der Waals surface area contributed by atoms with Crippen LogP contribution in [0.3, 0.4) is 0 Å². The maximum absolute atomic E-state index is 8.58. The normalized spacial score (nSPS) is 7.50. The Morgan fingerprint density at radius 3 is 0.875 bits per heavy atom. The smallest absolute Gasteiger partial charge is 1.00 e. The van der Waals surface area contributed by atoms with Crippen LogP contribution in [0.5, 0.6) is 0 Å². The van der Waals surface area contributed by atoms with Crippen LogP contribution >= 0.6 is 0 Å². The molecule has 0 unspecified atom stereocenters. The third-order valence-electron chi connectivity index (χ3n) is 0. The molecule has 0 aromatic carbocycles. The standard InChI is InChI=1S/2Ca.Mg.O4Si.2H/c;;;1-5(2,3)4;;/q3*+2;-4;2*-1. The molecule has 4 nitrogen and oxygen atoms in total. The summed E-state index contributed by atoms with van der Waals surface area (Å²) in [6.45, 7) is 0. The Balaban J connectivity index is -0.00000000800. The summed E-state index contributed by atoms with van der Waals surface area (Å²) in [6.07, 6.45) is 0. The fourth-order valence-corrected chi connectivity index (χ4v) is 0. The topological polar surface area (TPSA) is 92.2 Å². The molecule has 0 bridgehead atoms. The van der Waals surface area contributed by atoms with E-state index in [0.717, 1.165) is 0 Å². The zero-order valence-electron chi connectivity index (χ0n) is 6.25. The molecule has 8 heteroatoms. The predicted molar refractivity (Wildman–Crippen MR) is 25.2 cm³/mol. The van der Waals surface area contributed by atoms with E-state index in [-0.39, 0.29) is 101 Å². The molecule has 0 rings (SSSR count). The summed E-state index contributed by atoms with van der Waals surface area (Å²) in [6, 6.07) is 0. The monoisotopic (exact) mass is 198 g/mol. The van der Waals surface area contributed by atoms with Gasteiger partial charge in [-0.2, -0.15) is 0 Å². The van der Waals surface area contributed by atoms with Gasteiger partial charge in [0.05, 0.1) is 0 Å². The van der Waals surface area contributed by atoms with E-state index in [0.29, 0.717) is 0 Å². The van der Waals surface area contributed by atoms with E-state index in [1.165, 1.54) is 0 Å². The molecule has 0 fully saturated rings. The van der Waals surface area contributed by atoms with Crippen LogP contribution in [0.4, 0.5) is 0 Å². The SMILES string of the molecule is [Ca+2].[Ca+2].[H-].[H-].[Mg+2].[O-][Si]([O-])([O-])[O-]. The second-order valence-corrected chi connectivity index (χ2v) is 1.50. The van der Waals surface area contributed by atoms with E-state index in [4.69, 9.17) is 19.2 Å². The van der Waals surface area contributed by atoms with E-state index in [9.17, 15) is 0 Å². The molecule has 0 N–H and O–H groups in total. The molecule has 0 radical (unpaired) electrons. The van der Waals surface area contributed by atoms with Crippen molar-refractivity contribution in [1.82, 2.24) is 0 Å². The van der Waals surface area contributed by atoms with Crippen molar-refractivity contribution in [3.05, 3.63) is 0 Å². The third-order valence-corrected chi connectivity index (χ3v) is 0. The quantitative estimate of drug-likeness (QED) is 0.362. The van der Waals surface area contributed by atoms with Gasteiger partial charge in [0, 0.05) is 0 Å². The molecule has 0 saturated heterocycles. The number of rotatable bonds is 0. The Morgan fingerprint density at radius 1 is 0.875 bits per heavy atom. The largest absolute Gasteiger partial charge is 2.00 e. The van der Waals surface area contributed by atoms with Gasteiger partial charge in [-0.1, -0.05) is 0 Å². The number of hydrogen-bond donors (Lipinski definition) is 0. The van der Waals surface area contributed by atoms with Gasteiger partial charge in [-0.25, -0.2) is 0 Å². The van der Waals surface area contributed by atoms with E-state index in [2.05, 4.69) is 0 Å². The molecule has 0 aliphatic carbocycles. The zero-order chi connectivity index (χ0) is 4.50. The first-order chi connectivity index (χ1) is 2.00. The van der Waals surface area contributed by atoms with Crippen LogP contribution in [0.15, 0.2) is 0 Å². The van der Waals surface area contributed by atoms with Crippen LogP contribution in [0.1, 0.15) is 2.85 Å². The molecular weight excluding hydrogens is 197 g/mol. The molecule has 0 amide bonds. The summed E-state index contributed by atoms with van der Waals surface area (Å²) in [5.41, 5.74) is 0. The third kappa shape index (κ3) is 58.2. The molecule has 0 aromatic heterocycles. The van der Waals surface area contributed by atoms with E-state index < -0.39 is 9.05 Å². The molecule has 0 aliphatic heterocycles. The molecule has 8 heavy (non-hydrogen) atoms. The van der Waals surface area contributed by atoms with Gasteiger partial charge in [0.25, 0.3) is 0 Å². The molecule has 0 spiro atoms. The maximum Gasteiger partial charge on any atom is 2.00 e. The van der Waals surface area contributed by atoms with Gasteiger partial charge in [-0.3, -0.25) is 0 Å². The average Bonchev–Trinajstić information content (AvgIpc) is 0.722. The summed E-state index contributed by atoms with van der Waals surface area (Å²) in [5.74, 6) is 0. The van der Waals surface area contributed by atoms with Crippen LogP contribution < -0.4 is 19.2 Å². The van der Waals surface area contributed by atoms with Gasteiger partial charge in [0.15, 0.2) is 0 Å². The fourth-order valence-electron chi connectivity index (χ4n) is 0. The molecule has 0 saturated carbocycles. The summed E-state index contributed by atoms with van der Waals surface area (Å²) in [5, 5.41) is 0. The summed E-state index contributed by atoms with van der Waals surface area (Å²) < 4.78 is 0. The predicted octanol–water partition coefficient (Wildman–Crippen LogP) is -6.05. The van der Waals surface area contributed by atoms with Gasteiger partial charge in [-0.05, 0) is 0 Å². The Morgan fingerprint density at radius 2 is 0.875 bits per heavy atom. The van der Waals surface area contributed by atoms with Gasteiger partial charge < -0.3 is 31.1 Å². The van der Waals surface area contributed by atoms with E-state index >= 15 is 0 Å². The molecular formula is H2Ca2MgO4Si. The van der Waals surface area contributed by atoms with Gasteiger partial charge in [0.1, 0.15) is 0 Å². The second kappa shape index (κ2) is 10.3. The Hall–Kier alpha value is 3.34. The van der Waals surface area contributed by atoms with Crippen molar-refractivity contribution >= 4 is 108 Å². The molecule has 0 aromatic rings. The minimum absolute atomic E-state index is 0. The van der Waals surface area contributed by atoms with Crippen LogP contribution in [-0.2, 0) is 0 Å². The maximum atomic E-state index is 8.58. The zero-order valence-corrected chi connectivity index (χ0v) is 11.1. The second-order valence-electron chi connectivity index (χ2n) is 0.500. The van der Waals surface area contributed by atoms with Gasteiger partial charge in [0.2, 0.25) is 0 Å². The van der Waals surface area contributed by atoms with Crippen LogP contribution in [0.25, 0.3) is 0 Å². The minimum Gasteiger partial charge on any atom is -1.00 e. The average molecular weight is 199 g/mol. The van der Waals surface area contributed by atoms with Crippen molar-refractivity contribution in [2.75, 3.05) is 0 Å². The van der Waals surface area contributed by atoms with Crippen molar-refractivity contribution in [2.24, 2.45) is 0 Å². The Bertz CT molecular complexity index is 36.7. The van der Waals surface area contributed by atoms with Crippen molar-refractivity contribution in [3.8, 4) is 0 Å². The first-order valence-electron chi connectivity index (χ1n) is 0.816. The van der Waals surface area contributed by atoms with Gasteiger partial charge in [-0.15, -0.1) is 0 Å². The number of hydrogen-bond acceptors (Lipinski definition) is 4. The molecule has 36 valence electrons. The van der Waals surface area contributed by atoms with Crippen molar-refractivity contribution in [3.63, 3.8) is 0 Å². The van der Waals surface area contributed by atoms with Crippen LogP contribution in [0, 0.1) is 0 Å². The van der Waals surface area contributed by atoms with Crippen molar-refractivity contribution in [2.45, 2.75) is 0 Å². The van der Waals surface area contributed by atoms with Crippen LogP contribution in [0.2, 0.25) is 0 Å². The first-order valence-corrected chi connectivity index (χ1v) is 2.45. The summed E-state index contributed by atoms with van der Waals surface area (Å²) in [7, 11) is -5.61. The van der Waals surface area contributed by atoms with E-state index in [1.807, 2.05) is 0 Å². The summed E-state index contributed by atoms with van der Waals surface area (Å²) in [4.78, 5) is 34.3. The Labute approximate surface area is 127 Å². The molecule has 0 atom stereocenters. The van der Waals surface area contributed by atoms with Crippen molar-refractivity contribution in [1.29, 1.82) is 0 Å². The molecule has 0 aliphatic rings. The first kappa shape index (κ1) is 22.5. The minimum atomic E-state index is -5.61. The fraction of sp³-hybridized carbons (Fsp3) is 0. The van der Waals surface area contributed by atoms with E-state index in [1.54, 1.807) is 0 Å². The van der Waals surface area contributed by atoms with Gasteiger partial charge >= 0.3 is 98.5 Å². The molecule has 0 heterocycles.